The lowest BCUT2D eigenvalue weighted by Gasteiger charge is -2.31. The summed E-state index contributed by atoms with van der Waals surface area (Å²) >= 11 is 0. The third-order valence-corrected chi connectivity index (χ3v) is 6.57. The van der Waals surface area contributed by atoms with Crippen molar-refractivity contribution in [3.63, 3.8) is 0 Å². The van der Waals surface area contributed by atoms with E-state index in [0.717, 1.165) is 22.3 Å². The first-order valence-corrected chi connectivity index (χ1v) is 12.4. The monoisotopic (exact) mass is 470 g/mol. The Labute approximate surface area is 210 Å². The average molecular weight is 471 g/mol. The molecule has 1 N–H and O–H groups in total. The maximum absolute atomic E-state index is 13.7. The highest BCUT2D eigenvalue weighted by Crippen LogP contribution is 2.23. The van der Waals surface area contributed by atoms with Crippen LogP contribution in [0, 0.1) is 6.92 Å². The molecule has 0 aliphatic rings. The van der Waals surface area contributed by atoms with Crippen molar-refractivity contribution < 1.29 is 9.59 Å². The van der Waals surface area contributed by atoms with Crippen LogP contribution in [0.1, 0.15) is 55.0 Å². The van der Waals surface area contributed by atoms with E-state index < -0.39 is 6.04 Å². The summed E-state index contributed by atoms with van der Waals surface area (Å²) in [5.74, 6) is -0.164. The van der Waals surface area contributed by atoms with Gasteiger partial charge in [0, 0.05) is 26.4 Å². The van der Waals surface area contributed by atoms with Gasteiger partial charge in [0.05, 0.1) is 0 Å². The van der Waals surface area contributed by atoms with Gasteiger partial charge in [0.25, 0.3) is 0 Å². The van der Waals surface area contributed by atoms with Gasteiger partial charge in [-0.2, -0.15) is 0 Å². The molecule has 184 valence electrons. The SMILES string of the molecule is CNC(=O)[C@@H](Cc1ccccc1)N(Cc1ccccc1C)C(=O)CCc1ccc(C(C)(C)C)cc1. The van der Waals surface area contributed by atoms with Crippen LogP contribution in [0.3, 0.4) is 0 Å². The number of likely N-dealkylation sites (N-methyl/N-ethyl adjacent to an activating group) is 1. The standard InChI is InChI=1S/C31H38N2O2/c1-23-11-9-10-14-26(23)22-33(28(30(35)32-5)21-25-12-7-6-8-13-25)29(34)20-17-24-15-18-27(19-16-24)31(2,3)4/h6-16,18-19,28H,17,20-22H2,1-5H3,(H,32,35)/t28-/m1/s1. The highest BCUT2D eigenvalue weighted by atomic mass is 16.2. The van der Waals surface area contributed by atoms with Crippen LogP contribution in [0.4, 0.5) is 0 Å². The van der Waals surface area contributed by atoms with E-state index in [4.69, 9.17) is 0 Å². The third-order valence-electron chi connectivity index (χ3n) is 6.57. The second-order valence-electron chi connectivity index (χ2n) is 10.2. The van der Waals surface area contributed by atoms with E-state index in [1.54, 1.807) is 11.9 Å². The van der Waals surface area contributed by atoms with Crippen molar-refractivity contribution >= 4 is 11.8 Å². The first kappa shape index (κ1) is 26.2. The van der Waals surface area contributed by atoms with Crippen LogP contribution in [-0.4, -0.2) is 29.8 Å². The Morgan fingerprint density at radius 2 is 1.49 bits per heavy atom. The number of carbonyl (C=O) groups excluding carboxylic acids is 2. The van der Waals surface area contributed by atoms with Crippen molar-refractivity contribution in [2.45, 2.75) is 65.0 Å². The fourth-order valence-corrected chi connectivity index (χ4v) is 4.26. The lowest BCUT2D eigenvalue weighted by Crippen LogP contribution is -2.49. The Balaban J connectivity index is 1.85. The van der Waals surface area contributed by atoms with Gasteiger partial charge in [0.2, 0.25) is 11.8 Å². The largest absolute Gasteiger partial charge is 0.357 e. The van der Waals surface area contributed by atoms with Crippen molar-refractivity contribution in [3.8, 4) is 0 Å². The number of nitrogens with zero attached hydrogens (tertiary/aromatic N) is 1. The molecule has 0 bridgehead atoms. The smallest absolute Gasteiger partial charge is 0.242 e. The number of nitrogens with one attached hydrogen (secondary N) is 1. The predicted octanol–water partition coefficient (Wildman–Crippen LogP) is 5.61. The Morgan fingerprint density at radius 1 is 0.857 bits per heavy atom. The lowest BCUT2D eigenvalue weighted by atomic mass is 9.86. The number of carbonyl (C=O) groups is 2. The summed E-state index contributed by atoms with van der Waals surface area (Å²) < 4.78 is 0. The van der Waals surface area contributed by atoms with E-state index in [0.29, 0.717) is 25.8 Å². The summed E-state index contributed by atoms with van der Waals surface area (Å²) in [5, 5.41) is 2.78. The Morgan fingerprint density at radius 3 is 2.09 bits per heavy atom. The summed E-state index contributed by atoms with van der Waals surface area (Å²) in [7, 11) is 1.63. The quantitative estimate of drug-likeness (QED) is 0.442. The second-order valence-corrected chi connectivity index (χ2v) is 10.2. The molecule has 0 heterocycles. The van der Waals surface area contributed by atoms with E-state index in [1.807, 2.05) is 61.5 Å². The molecule has 4 heteroatoms. The summed E-state index contributed by atoms with van der Waals surface area (Å²) in [4.78, 5) is 28.5. The van der Waals surface area contributed by atoms with Crippen molar-refractivity contribution in [2.24, 2.45) is 0 Å². The number of hydrogen-bond acceptors (Lipinski definition) is 2. The third kappa shape index (κ3) is 7.29. The molecule has 3 aromatic carbocycles. The molecule has 2 amide bonds. The number of aryl methyl sites for hydroxylation is 2. The van der Waals surface area contributed by atoms with Crippen LogP contribution in [0.2, 0.25) is 0 Å². The van der Waals surface area contributed by atoms with Gasteiger partial charge in [-0.05, 0) is 46.6 Å². The average Bonchev–Trinajstić information content (AvgIpc) is 2.85. The fraction of sp³-hybridized carbons (Fsp3) is 0.355. The van der Waals surface area contributed by atoms with Gasteiger partial charge < -0.3 is 10.2 Å². The first-order valence-electron chi connectivity index (χ1n) is 12.4. The topological polar surface area (TPSA) is 49.4 Å². The zero-order valence-corrected chi connectivity index (χ0v) is 21.7. The predicted molar refractivity (Wildman–Crippen MR) is 143 cm³/mol. The summed E-state index contributed by atoms with van der Waals surface area (Å²) in [6, 6.07) is 25.9. The van der Waals surface area contributed by atoms with Gasteiger partial charge in [0.1, 0.15) is 6.04 Å². The number of rotatable bonds is 9. The van der Waals surface area contributed by atoms with Gasteiger partial charge in [-0.3, -0.25) is 9.59 Å². The molecular formula is C31H38N2O2. The Kier molecular flexibility index (Phi) is 8.86. The molecule has 35 heavy (non-hydrogen) atoms. The normalized spacial score (nSPS) is 12.1. The van der Waals surface area contributed by atoms with Gasteiger partial charge in [-0.15, -0.1) is 0 Å². The van der Waals surface area contributed by atoms with E-state index in [2.05, 4.69) is 50.4 Å². The van der Waals surface area contributed by atoms with Crippen LogP contribution in [0.15, 0.2) is 78.9 Å². The molecule has 0 saturated heterocycles. The van der Waals surface area contributed by atoms with Crippen molar-refractivity contribution in [1.82, 2.24) is 10.2 Å². The van der Waals surface area contributed by atoms with Crippen LogP contribution in [0.25, 0.3) is 0 Å². The van der Waals surface area contributed by atoms with E-state index in [1.165, 1.54) is 5.56 Å². The molecule has 0 fully saturated rings. The van der Waals surface area contributed by atoms with Crippen LogP contribution < -0.4 is 5.32 Å². The molecule has 1 atom stereocenters. The number of hydrogen-bond donors (Lipinski definition) is 1. The van der Waals surface area contributed by atoms with E-state index in [9.17, 15) is 9.59 Å². The summed E-state index contributed by atoms with van der Waals surface area (Å²) in [6.07, 6.45) is 1.46. The maximum Gasteiger partial charge on any atom is 0.242 e. The molecule has 3 aromatic rings. The van der Waals surface area contributed by atoms with Gasteiger partial charge in [-0.1, -0.05) is 99.6 Å². The molecule has 3 rings (SSSR count). The lowest BCUT2D eigenvalue weighted by molar-refractivity contribution is -0.141. The molecule has 4 nitrogen and oxygen atoms in total. The van der Waals surface area contributed by atoms with Crippen LogP contribution in [0.5, 0.6) is 0 Å². The zero-order chi connectivity index (χ0) is 25.4. The molecule has 0 radical (unpaired) electrons. The molecular weight excluding hydrogens is 432 g/mol. The highest BCUT2D eigenvalue weighted by molar-refractivity contribution is 5.88. The second kappa shape index (κ2) is 11.8. The number of amides is 2. The minimum atomic E-state index is -0.585. The molecule has 0 spiro atoms. The van der Waals surface area contributed by atoms with Crippen molar-refractivity contribution in [1.29, 1.82) is 0 Å². The van der Waals surface area contributed by atoms with Crippen LogP contribution in [-0.2, 0) is 34.4 Å². The molecule has 0 aromatic heterocycles. The highest BCUT2D eigenvalue weighted by Gasteiger charge is 2.29. The minimum Gasteiger partial charge on any atom is -0.357 e. The van der Waals surface area contributed by atoms with Gasteiger partial charge in [-0.25, -0.2) is 0 Å². The minimum absolute atomic E-state index is 0.0160. The molecule has 0 aliphatic carbocycles. The fourth-order valence-electron chi connectivity index (χ4n) is 4.26. The molecule has 0 unspecified atom stereocenters. The summed E-state index contributed by atoms with van der Waals surface area (Å²) in [5.41, 5.74) is 5.69. The Bertz CT molecular complexity index is 1110. The van der Waals surface area contributed by atoms with Crippen LogP contribution >= 0.6 is 0 Å². The first-order chi connectivity index (χ1) is 16.7. The van der Waals surface area contributed by atoms with E-state index >= 15 is 0 Å². The Hall–Kier alpha value is -3.40. The molecule has 0 aliphatic heterocycles. The van der Waals surface area contributed by atoms with Gasteiger partial charge in [0.15, 0.2) is 0 Å². The molecule has 0 saturated carbocycles. The van der Waals surface area contributed by atoms with Crippen molar-refractivity contribution in [3.05, 3.63) is 107 Å². The van der Waals surface area contributed by atoms with Gasteiger partial charge >= 0.3 is 0 Å². The van der Waals surface area contributed by atoms with E-state index in [-0.39, 0.29) is 17.2 Å². The summed E-state index contributed by atoms with van der Waals surface area (Å²) in [6.45, 7) is 9.03. The maximum atomic E-state index is 13.7. The zero-order valence-electron chi connectivity index (χ0n) is 21.7. The number of benzene rings is 3. The van der Waals surface area contributed by atoms with Crippen molar-refractivity contribution in [2.75, 3.05) is 7.05 Å².